The number of piperidine rings is 1. The summed E-state index contributed by atoms with van der Waals surface area (Å²) in [7, 11) is 1.78. The van der Waals surface area contributed by atoms with Crippen LogP contribution in [0, 0.1) is 0 Å². The number of benzene rings is 1. The Kier molecular flexibility index (Phi) is 4.70. The molecule has 5 rings (SSSR count). The van der Waals surface area contributed by atoms with Gasteiger partial charge in [-0.05, 0) is 67.1 Å². The van der Waals surface area contributed by atoms with Crippen LogP contribution in [-0.2, 0) is 7.05 Å². The van der Waals surface area contributed by atoms with Crippen molar-refractivity contribution in [1.29, 1.82) is 0 Å². The van der Waals surface area contributed by atoms with Crippen LogP contribution in [-0.4, -0.2) is 27.6 Å². The molecule has 1 saturated heterocycles. The van der Waals surface area contributed by atoms with Crippen molar-refractivity contribution in [2.24, 2.45) is 7.05 Å². The molecule has 2 N–H and O–H groups in total. The first kappa shape index (κ1) is 19.1. The van der Waals surface area contributed by atoms with Gasteiger partial charge in [0.2, 0.25) is 0 Å². The van der Waals surface area contributed by atoms with E-state index in [0.717, 1.165) is 35.2 Å². The van der Waals surface area contributed by atoms with Crippen LogP contribution in [0.5, 0.6) is 0 Å². The highest BCUT2D eigenvalue weighted by Crippen LogP contribution is 2.39. The summed E-state index contributed by atoms with van der Waals surface area (Å²) in [4.78, 5) is 20.7. The number of rotatable bonds is 3. The number of aromatic amines is 1. The zero-order chi connectivity index (χ0) is 20.8. The molecule has 4 aromatic rings. The average molecular weight is 401 g/mol. The van der Waals surface area contributed by atoms with Crippen LogP contribution >= 0.6 is 0 Å². The van der Waals surface area contributed by atoms with Crippen LogP contribution in [0.4, 0.5) is 0 Å². The molecular formula is C25H28N4O. The van der Waals surface area contributed by atoms with Crippen molar-refractivity contribution in [3.63, 3.8) is 0 Å². The van der Waals surface area contributed by atoms with Gasteiger partial charge in [0.25, 0.3) is 5.56 Å². The van der Waals surface area contributed by atoms with Gasteiger partial charge in [-0.1, -0.05) is 19.9 Å². The molecule has 0 saturated carbocycles. The lowest BCUT2D eigenvalue weighted by Crippen LogP contribution is -2.26. The molecule has 154 valence electrons. The Morgan fingerprint density at radius 2 is 1.87 bits per heavy atom. The number of aromatic nitrogens is 3. The maximum absolute atomic E-state index is 12.6. The fourth-order valence-electron chi connectivity index (χ4n) is 4.92. The third-order valence-corrected chi connectivity index (χ3v) is 6.52. The van der Waals surface area contributed by atoms with Crippen LogP contribution in [0.15, 0.2) is 47.7 Å². The quantitative estimate of drug-likeness (QED) is 0.525. The normalized spacial score (nSPS) is 15.5. The van der Waals surface area contributed by atoms with E-state index in [1.807, 2.05) is 18.5 Å². The lowest BCUT2D eigenvalue weighted by molar-refractivity contribution is 0.460. The second-order valence-electron chi connectivity index (χ2n) is 8.78. The van der Waals surface area contributed by atoms with Gasteiger partial charge < -0.3 is 14.9 Å². The van der Waals surface area contributed by atoms with Crippen LogP contribution in [0.2, 0.25) is 0 Å². The fraction of sp³-hybridized carbons (Fsp3) is 0.360. The van der Waals surface area contributed by atoms with Crippen molar-refractivity contribution in [2.45, 2.75) is 38.5 Å². The minimum absolute atomic E-state index is 0.0164. The van der Waals surface area contributed by atoms with E-state index in [-0.39, 0.29) is 5.56 Å². The summed E-state index contributed by atoms with van der Waals surface area (Å²) in [5.74, 6) is 0.968. The molecule has 0 bridgehead atoms. The first-order valence-corrected chi connectivity index (χ1v) is 10.8. The average Bonchev–Trinajstić information content (AvgIpc) is 3.15. The Labute approximate surface area is 176 Å². The van der Waals surface area contributed by atoms with Crippen molar-refractivity contribution in [3.05, 3.63) is 64.3 Å². The monoisotopic (exact) mass is 400 g/mol. The van der Waals surface area contributed by atoms with E-state index in [9.17, 15) is 4.79 Å². The zero-order valence-electron chi connectivity index (χ0n) is 17.8. The van der Waals surface area contributed by atoms with Crippen molar-refractivity contribution >= 4 is 21.7 Å². The summed E-state index contributed by atoms with van der Waals surface area (Å²) in [6.45, 7) is 6.66. The van der Waals surface area contributed by atoms with E-state index in [4.69, 9.17) is 0 Å². The van der Waals surface area contributed by atoms with E-state index in [2.05, 4.69) is 47.3 Å². The smallest absolute Gasteiger partial charge is 0.259 e. The SMILES string of the molecule is CC(C)c1c(-c2cncc3c(=O)n(C)ccc23)[nH]c2ccc(C3CCNCC3)cc12. The molecule has 5 nitrogen and oxygen atoms in total. The molecular weight excluding hydrogens is 372 g/mol. The number of pyridine rings is 2. The Morgan fingerprint density at radius 3 is 2.63 bits per heavy atom. The highest BCUT2D eigenvalue weighted by atomic mass is 16.1. The number of hydrogen-bond donors (Lipinski definition) is 2. The van der Waals surface area contributed by atoms with E-state index in [0.29, 0.717) is 17.2 Å². The minimum Gasteiger partial charge on any atom is -0.354 e. The summed E-state index contributed by atoms with van der Waals surface area (Å²) in [6.07, 6.45) is 7.77. The van der Waals surface area contributed by atoms with Gasteiger partial charge in [-0.3, -0.25) is 9.78 Å². The van der Waals surface area contributed by atoms with Gasteiger partial charge in [0, 0.05) is 47.5 Å². The minimum atomic E-state index is -0.0164. The Hall–Kier alpha value is -2.92. The third kappa shape index (κ3) is 3.05. The molecule has 0 unspecified atom stereocenters. The van der Waals surface area contributed by atoms with Crippen LogP contribution in [0.25, 0.3) is 32.9 Å². The highest BCUT2D eigenvalue weighted by molar-refractivity contribution is 6.00. The molecule has 0 spiro atoms. The van der Waals surface area contributed by atoms with Crippen molar-refractivity contribution < 1.29 is 0 Å². The van der Waals surface area contributed by atoms with Gasteiger partial charge in [0.1, 0.15) is 0 Å². The summed E-state index contributed by atoms with van der Waals surface area (Å²) < 4.78 is 1.60. The summed E-state index contributed by atoms with van der Waals surface area (Å²) in [5, 5.41) is 6.35. The fourth-order valence-corrected chi connectivity index (χ4v) is 4.92. The number of aryl methyl sites for hydroxylation is 1. The third-order valence-electron chi connectivity index (χ3n) is 6.52. The highest BCUT2D eigenvalue weighted by Gasteiger charge is 2.21. The van der Waals surface area contributed by atoms with E-state index in [1.54, 1.807) is 17.8 Å². The molecule has 1 fully saturated rings. The second-order valence-corrected chi connectivity index (χ2v) is 8.78. The van der Waals surface area contributed by atoms with Gasteiger partial charge >= 0.3 is 0 Å². The maximum atomic E-state index is 12.6. The summed E-state index contributed by atoms with van der Waals surface area (Å²) >= 11 is 0. The molecule has 4 heterocycles. The second kappa shape index (κ2) is 7.40. The van der Waals surface area contributed by atoms with E-state index >= 15 is 0 Å². The predicted molar refractivity (Wildman–Crippen MR) is 123 cm³/mol. The lowest BCUT2D eigenvalue weighted by Gasteiger charge is -2.23. The topological polar surface area (TPSA) is 62.7 Å². The molecule has 0 radical (unpaired) electrons. The number of hydrogen-bond acceptors (Lipinski definition) is 3. The van der Waals surface area contributed by atoms with Gasteiger partial charge in [0.15, 0.2) is 0 Å². The predicted octanol–water partition coefficient (Wildman–Crippen LogP) is 4.67. The zero-order valence-corrected chi connectivity index (χ0v) is 17.8. The van der Waals surface area contributed by atoms with Crippen LogP contribution < -0.4 is 10.9 Å². The van der Waals surface area contributed by atoms with E-state index < -0.39 is 0 Å². The molecule has 5 heteroatoms. The Bertz CT molecular complexity index is 1290. The molecule has 3 aromatic heterocycles. The van der Waals surface area contributed by atoms with Gasteiger partial charge in [0.05, 0.1) is 11.1 Å². The molecule has 30 heavy (non-hydrogen) atoms. The maximum Gasteiger partial charge on any atom is 0.259 e. The number of nitrogens with zero attached hydrogens (tertiary/aromatic N) is 2. The van der Waals surface area contributed by atoms with Crippen molar-refractivity contribution in [2.75, 3.05) is 13.1 Å². The van der Waals surface area contributed by atoms with E-state index in [1.165, 1.54) is 29.4 Å². The van der Waals surface area contributed by atoms with Crippen LogP contribution in [0.3, 0.4) is 0 Å². The lowest BCUT2D eigenvalue weighted by atomic mass is 9.88. The molecule has 0 atom stereocenters. The van der Waals surface area contributed by atoms with Crippen LogP contribution in [0.1, 0.15) is 49.7 Å². The first-order valence-electron chi connectivity index (χ1n) is 10.8. The molecule has 0 aliphatic carbocycles. The van der Waals surface area contributed by atoms with Gasteiger partial charge in [-0.2, -0.15) is 0 Å². The first-order chi connectivity index (χ1) is 14.5. The molecule has 0 amide bonds. The summed E-state index contributed by atoms with van der Waals surface area (Å²) in [6, 6.07) is 8.90. The number of H-pyrrole nitrogens is 1. The van der Waals surface area contributed by atoms with Crippen molar-refractivity contribution in [1.82, 2.24) is 19.9 Å². The number of nitrogens with one attached hydrogen (secondary N) is 2. The Balaban J connectivity index is 1.74. The molecule has 1 aliphatic heterocycles. The van der Waals surface area contributed by atoms with Crippen molar-refractivity contribution in [3.8, 4) is 11.3 Å². The number of fused-ring (bicyclic) bond motifs is 2. The standard InChI is InChI=1S/C25H28N4O/c1-15(2)23-19-12-17(16-6-9-26-10-7-16)4-5-22(19)28-24(23)20-13-27-14-21-18(20)8-11-29(3)25(21)30/h4-5,8,11-16,26,28H,6-7,9-10H2,1-3H3. The summed E-state index contributed by atoms with van der Waals surface area (Å²) in [5.41, 5.74) is 5.93. The Morgan fingerprint density at radius 1 is 1.07 bits per heavy atom. The largest absolute Gasteiger partial charge is 0.354 e. The van der Waals surface area contributed by atoms with Gasteiger partial charge in [-0.25, -0.2) is 0 Å². The molecule has 1 aliphatic rings. The molecule has 1 aromatic carbocycles. The van der Waals surface area contributed by atoms with Gasteiger partial charge in [-0.15, -0.1) is 0 Å².